The molecule has 5 heterocycles. The van der Waals surface area contributed by atoms with Crippen molar-refractivity contribution in [3.8, 4) is 11.3 Å². The van der Waals surface area contributed by atoms with E-state index in [0.717, 1.165) is 4.88 Å². The Bertz CT molecular complexity index is 1980. The zero-order valence-corrected chi connectivity index (χ0v) is 26.0. The monoisotopic (exact) mass is 657 g/mol. The van der Waals surface area contributed by atoms with Crippen molar-refractivity contribution in [3.63, 3.8) is 0 Å². The van der Waals surface area contributed by atoms with Gasteiger partial charge in [0.25, 0.3) is 11.5 Å². The van der Waals surface area contributed by atoms with Crippen molar-refractivity contribution in [2.75, 3.05) is 36.5 Å². The van der Waals surface area contributed by atoms with Crippen LogP contribution in [0.25, 0.3) is 11.3 Å². The molecule has 6 rings (SSSR count). The number of halogens is 1. The number of nitrogens with one attached hydrogen (secondary N) is 1. The van der Waals surface area contributed by atoms with Gasteiger partial charge in [-0.2, -0.15) is 9.78 Å². The topological polar surface area (TPSA) is 154 Å². The molecule has 1 amide bonds. The van der Waals surface area contributed by atoms with Crippen molar-refractivity contribution < 1.29 is 19.1 Å². The molecule has 1 aliphatic heterocycles. The highest BCUT2D eigenvalue weighted by Crippen LogP contribution is 2.28. The number of aromatic nitrogens is 4. The number of nitrogens with two attached hydrogens (primary N) is 1. The zero-order chi connectivity index (χ0) is 32.2. The molecule has 234 valence electrons. The number of anilines is 2. The number of ketones is 1. The molecule has 3 N–H and O–H groups in total. The molecule has 0 spiro atoms. The van der Waals surface area contributed by atoms with E-state index >= 15 is 0 Å². The maximum Gasteiger partial charge on any atom is 0.280 e. The summed E-state index contributed by atoms with van der Waals surface area (Å²) in [5.74, 6) is -1.06. The summed E-state index contributed by atoms with van der Waals surface area (Å²) in [5.41, 5.74) is 7.22. The van der Waals surface area contributed by atoms with E-state index in [-0.39, 0.29) is 29.0 Å². The summed E-state index contributed by atoms with van der Waals surface area (Å²) in [7, 11) is 0. The minimum Gasteiger partial charge on any atom is -0.378 e. The first kappa shape index (κ1) is 30.9. The van der Waals surface area contributed by atoms with E-state index in [0.29, 0.717) is 65.5 Å². The second-order valence-electron chi connectivity index (χ2n) is 10.4. The van der Waals surface area contributed by atoms with E-state index < -0.39 is 11.8 Å². The van der Waals surface area contributed by atoms with Gasteiger partial charge in [0.05, 0.1) is 36.3 Å². The number of pyridine rings is 2. The lowest BCUT2D eigenvalue weighted by molar-refractivity contribution is 0.0945. The quantitative estimate of drug-likeness (QED) is 0.213. The van der Waals surface area contributed by atoms with E-state index in [1.165, 1.54) is 45.1 Å². The van der Waals surface area contributed by atoms with Crippen LogP contribution in [-0.2, 0) is 17.8 Å². The van der Waals surface area contributed by atoms with Gasteiger partial charge in [-0.3, -0.25) is 24.2 Å². The number of Topliss-reactive ketones (excluding diaryl/α,β-unsaturated/α-hetero) is 1. The summed E-state index contributed by atoms with van der Waals surface area (Å²) in [6.07, 6.45) is 4.61. The maximum atomic E-state index is 13.8. The first-order valence-electron chi connectivity index (χ1n) is 14.3. The summed E-state index contributed by atoms with van der Waals surface area (Å²) in [5, 5.41) is 7.92. The van der Waals surface area contributed by atoms with Gasteiger partial charge in [-0.15, -0.1) is 11.3 Å². The Morgan fingerprint density at radius 2 is 1.74 bits per heavy atom. The molecule has 1 fully saturated rings. The number of primary amides is 1. The highest BCUT2D eigenvalue weighted by Gasteiger charge is 2.23. The minimum absolute atomic E-state index is 0.182. The number of hydrogen-bond acceptors (Lipinski definition) is 10. The predicted octanol–water partition coefficient (Wildman–Crippen LogP) is 3.94. The lowest BCUT2D eigenvalue weighted by Gasteiger charge is -2.29. The molecule has 1 aromatic carbocycles. The highest BCUT2D eigenvalue weighted by molar-refractivity contribution is 7.16. The molecule has 0 atom stereocenters. The Labute approximate surface area is 272 Å². The number of morpholine rings is 1. The van der Waals surface area contributed by atoms with Crippen LogP contribution in [0.15, 0.2) is 84.0 Å². The largest absolute Gasteiger partial charge is 0.378 e. The van der Waals surface area contributed by atoms with Gasteiger partial charge < -0.3 is 25.3 Å². The fourth-order valence-electron chi connectivity index (χ4n) is 5.05. The number of carbonyl (C=O) groups is 3. The third kappa shape index (κ3) is 6.76. The van der Waals surface area contributed by atoms with Crippen LogP contribution in [0.2, 0.25) is 4.34 Å². The van der Waals surface area contributed by atoms with Crippen LogP contribution < -0.4 is 21.5 Å². The Balaban J connectivity index is 1.43. The Hall–Kier alpha value is -5.11. The van der Waals surface area contributed by atoms with Crippen molar-refractivity contribution in [2.24, 2.45) is 5.73 Å². The summed E-state index contributed by atoms with van der Waals surface area (Å²) >= 11 is 7.52. The maximum absolute atomic E-state index is 13.8. The van der Waals surface area contributed by atoms with Crippen molar-refractivity contribution in [2.45, 2.75) is 13.1 Å². The molecule has 12 nitrogen and oxygen atoms in total. The van der Waals surface area contributed by atoms with Crippen LogP contribution in [0.1, 0.15) is 36.0 Å². The Morgan fingerprint density at radius 3 is 2.46 bits per heavy atom. The molecule has 4 aromatic heterocycles. The zero-order valence-electron chi connectivity index (χ0n) is 24.4. The number of nitrogens with zero attached hydrogens (tertiary/aromatic N) is 5. The summed E-state index contributed by atoms with van der Waals surface area (Å²) in [6.45, 7) is 2.04. The molecule has 0 aliphatic carbocycles. The first-order valence-corrected chi connectivity index (χ1v) is 15.5. The van der Waals surface area contributed by atoms with Gasteiger partial charge in [0, 0.05) is 64.9 Å². The Kier molecular flexibility index (Phi) is 9.06. The van der Waals surface area contributed by atoms with E-state index in [1.54, 1.807) is 48.7 Å². The molecule has 1 saturated heterocycles. The number of amides is 1. The summed E-state index contributed by atoms with van der Waals surface area (Å²) in [6, 6.07) is 16.4. The molecular weight excluding hydrogens is 630 g/mol. The van der Waals surface area contributed by atoms with Crippen molar-refractivity contribution in [1.29, 1.82) is 0 Å². The number of benzene rings is 1. The van der Waals surface area contributed by atoms with Crippen molar-refractivity contribution >= 4 is 52.0 Å². The van der Waals surface area contributed by atoms with Gasteiger partial charge in [-0.1, -0.05) is 17.7 Å². The van der Waals surface area contributed by atoms with E-state index in [1.807, 2.05) is 11.0 Å². The fourth-order valence-corrected chi connectivity index (χ4v) is 6.07. The smallest absolute Gasteiger partial charge is 0.280 e. The van der Waals surface area contributed by atoms with E-state index in [9.17, 15) is 19.2 Å². The van der Waals surface area contributed by atoms with E-state index in [2.05, 4.69) is 15.4 Å². The third-order valence-corrected chi connectivity index (χ3v) is 8.63. The molecule has 46 heavy (non-hydrogen) atoms. The van der Waals surface area contributed by atoms with Crippen LogP contribution in [0, 0.1) is 0 Å². The van der Waals surface area contributed by atoms with Gasteiger partial charge in [0.15, 0.2) is 5.78 Å². The van der Waals surface area contributed by atoms with Crippen LogP contribution in [0.5, 0.6) is 0 Å². The van der Waals surface area contributed by atoms with Gasteiger partial charge in [0.1, 0.15) is 11.5 Å². The third-order valence-electron chi connectivity index (χ3n) is 7.40. The minimum atomic E-state index is -0.664. The number of hydrogen-bond donors (Lipinski definition) is 2. The second kappa shape index (κ2) is 13.5. The van der Waals surface area contributed by atoms with Crippen LogP contribution >= 0.6 is 22.9 Å². The Morgan fingerprint density at radius 1 is 0.978 bits per heavy atom. The standard InChI is InChI=1S/C32H28ClN7O5S/c33-28-5-4-24(46-28)17-36-29-16-25(37-40(29)31(43)22-3-1-2-21(14-22)30(34)42)23-15-26(38-10-12-45-13-11-38)32(44)39(18-23)19-27(41)20-6-8-35-9-7-20/h1-9,14-16,18,36H,10-13,17,19H2,(H2,34,42). The highest BCUT2D eigenvalue weighted by atomic mass is 35.5. The van der Waals surface area contributed by atoms with Crippen LogP contribution in [-0.4, -0.2) is 63.2 Å². The number of carbonyl (C=O) groups excluding carboxylic acids is 3. The number of thiophene rings is 1. The second-order valence-corrected chi connectivity index (χ2v) is 12.2. The van der Waals surface area contributed by atoms with Crippen molar-refractivity contribution in [3.05, 3.63) is 116 Å². The molecule has 5 aromatic rings. The van der Waals surface area contributed by atoms with E-state index in [4.69, 9.17) is 22.1 Å². The SMILES string of the molecule is NC(=O)c1cccc(C(=O)n2nc(-c3cc(N4CCOCC4)c(=O)n(CC(=O)c4ccncc4)c3)cc2NCc2ccc(Cl)s2)c1. The van der Waals surface area contributed by atoms with Gasteiger partial charge in [0.2, 0.25) is 5.91 Å². The van der Waals surface area contributed by atoms with Crippen molar-refractivity contribution in [1.82, 2.24) is 19.3 Å². The van der Waals surface area contributed by atoms with Gasteiger partial charge >= 0.3 is 0 Å². The molecule has 0 bridgehead atoms. The molecule has 1 aliphatic rings. The predicted molar refractivity (Wildman–Crippen MR) is 175 cm³/mol. The molecule has 14 heteroatoms. The lowest BCUT2D eigenvalue weighted by atomic mass is 10.1. The molecule has 0 radical (unpaired) electrons. The number of rotatable bonds is 10. The lowest BCUT2D eigenvalue weighted by Crippen LogP contribution is -2.40. The van der Waals surface area contributed by atoms with Crippen LogP contribution in [0.3, 0.4) is 0 Å². The van der Waals surface area contributed by atoms with Gasteiger partial charge in [-0.25, -0.2) is 0 Å². The summed E-state index contributed by atoms with van der Waals surface area (Å²) < 4.78 is 8.69. The van der Waals surface area contributed by atoms with Crippen LogP contribution in [0.4, 0.5) is 11.5 Å². The average Bonchev–Trinajstić information content (AvgIpc) is 3.71. The average molecular weight is 658 g/mol. The normalized spacial score (nSPS) is 13.0. The first-order chi connectivity index (χ1) is 22.3. The fraction of sp³-hybridized carbons (Fsp3) is 0.188. The molecule has 0 saturated carbocycles. The molecule has 0 unspecified atom stereocenters. The molecular formula is C32H28ClN7O5S. The van der Waals surface area contributed by atoms with Gasteiger partial charge in [-0.05, 0) is 48.5 Å². The number of ether oxygens (including phenoxy) is 1. The summed E-state index contributed by atoms with van der Waals surface area (Å²) in [4.78, 5) is 59.3.